The van der Waals surface area contributed by atoms with Gasteiger partial charge in [0.15, 0.2) is 0 Å². The SMILES string of the molecule is CCOC(=O)NS(=O)(=O)c1sc(CC(C)C)cc1-c1ccc([C@H]2CCc3nccn32)c(F)c1. The molecule has 0 radical (unpaired) electrons. The van der Waals surface area contributed by atoms with Gasteiger partial charge in [-0.3, -0.25) is 0 Å². The predicted octanol–water partition coefficient (Wildman–Crippen LogP) is 4.92. The molecule has 1 aliphatic heterocycles. The molecule has 0 aliphatic carbocycles. The minimum absolute atomic E-state index is 0.0314. The topological polar surface area (TPSA) is 90.3 Å². The second kappa shape index (κ2) is 9.26. The Hall–Kier alpha value is -2.72. The van der Waals surface area contributed by atoms with Gasteiger partial charge < -0.3 is 9.30 Å². The van der Waals surface area contributed by atoms with E-state index in [4.69, 9.17) is 4.74 Å². The minimum atomic E-state index is -4.19. The van der Waals surface area contributed by atoms with Crippen molar-refractivity contribution in [3.8, 4) is 11.1 Å². The molecule has 0 unspecified atom stereocenters. The maximum Gasteiger partial charge on any atom is 0.421 e. The Bertz CT molecular complexity index is 1280. The Morgan fingerprint density at radius 1 is 1.36 bits per heavy atom. The van der Waals surface area contributed by atoms with E-state index in [1.807, 2.05) is 29.3 Å². The van der Waals surface area contributed by atoms with Gasteiger partial charge in [0.05, 0.1) is 12.6 Å². The number of halogens is 1. The lowest BCUT2D eigenvalue weighted by molar-refractivity contribution is 0.158. The van der Waals surface area contributed by atoms with Crippen LogP contribution in [0.5, 0.6) is 0 Å². The van der Waals surface area contributed by atoms with Crippen molar-refractivity contribution in [2.75, 3.05) is 6.61 Å². The number of rotatable bonds is 7. The third-order valence-corrected chi connectivity index (χ3v) is 8.50. The van der Waals surface area contributed by atoms with Crippen LogP contribution in [0.3, 0.4) is 0 Å². The number of aryl methyl sites for hydroxylation is 1. The number of nitrogens with zero attached hydrogens (tertiary/aromatic N) is 2. The molecule has 33 heavy (non-hydrogen) atoms. The highest BCUT2D eigenvalue weighted by Gasteiger charge is 2.29. The largest absolute Gasteiger partial charge is 0.449 e. The molecule has 1 amide bonds. The normalized spacial score (nSPS) is 15.6. The summed E-state index contributed by atoms with van der Waals surface area (Å²) < 4.78 is 49.8. The first-order valence-corrected chi connectivity index (χ1v) is 13.1. The molecule has 1 aliphatic rings. The summed E-state index contributed by atoms with van der Waals surface area (Å²) in [7, 11) is -4.19. The summed E-state index contributed by atoms with van der Waals surface area (Å²) in [5.74, 6) is 0.825. The first kappa shape index (κ1) is 23.4. The van der Waals surface area contributed by atoms with Crippen LogP contribution >= 0.6 is 11.3 Å². The van der Waals surface area contributed by atoms with E-state index in [0.29, 0.717) is 29.0 Å². The average molecular weight is 492 g/mol. The Morgan fingerprint density at radius 3 is 2.85 bits per heavy atom. The van der Waals surface area contributed by atoms with Crippen molar-refractivity contribution in [2.24, 2.45) is 5.92 Å². The maximum absolute atomic E-state index is 15.3. The van der Waals surface area contributed by atoms with Gasteiger partial charge in [0.2, 0.25) is 0 Å². The van der Waals surface area contributed by atoms with Crippen molar-refractivity contribution >= 4 is 27.5 Å². The number of sulfonamides is 1. The van der Waals surface area contributed by atoms with Crippen LogP contribution in [0.4, 0.5) is 9.18 Å². The van der Waals surface area contributed by atoms with E-state index in [9.17, 15) is 13.2 Å². The fourth-order valence-corrected chi connectivity index (χ4v) is 6.98. The van der Waals surface area contributed by atoms with Gasteiger partial charge in [-0.15, -0.1) is 11.3 Å². The zero-order valence-electron chi connectivity index (χ0n) is 18.7. The maximum atomic E-state index is 15.3. The van der Waals surface area contributed by atoms with Crippen molar-refractivity contribution in [1.82, 2.24) is 14.3 Å². The number of nitrogens with one attached hydrogen (secondary N) is 1. The zero-order valence-corrected chi connectivity index (χ0v) is 20.3. The molecule has 4 rings (SSSR count). The molecule has 0 saturated carbocycles. The molecule has 0 spiro atoms. The molecule has 3 heterocycles. The van der Waals surface area contributed by atoms with Crippen LogP contribution in [0, 0.1) is 11.7 Å². The van der Waals surface area contributed by atoms with Gasteiger partial charge in [0, 0.05) is 34.8 Å². The molecule has 0 saturated heterocycles. The van der Waals surface area contributed by atoms with Crippen molar-refractivity contribution in [2.45, 2.75) is 50.3 Å². The van der Waals surface area contributed by atoms with E-state index in [1.165, 1.54) is 6.07 Å². The lowest BCUT2D eigenvalue weighted by Gasteiger charge is -2.15. The number of benzene rings is 1. The van der Waals surface area contributed by atoms with Crippen molar-refractivity contribution in [3.05, 3.63) is 58.7 Å². The highest BCUT2D eigenvalue weighted by molar-refractivity contribution is 7.92. The Kier molecular flexibility index (Phi) is 6.58. The molecule has 2 aromatic heterocycles. The third kappa shape index (κ3) is 4.81. The zero-order chi connectivity index (χ0) is 23.8. The predicted molar refractivity (Wildman–Crippen MR) is 124 cm³/mol. The number of imidazole rings is 1. The number of hydrogen-bond donors (Lipinski definition) is 1. The van der Waals surface area contributed by atoms with Crippen LogP contribution in [0.2, 0.25) is 0 Å². The summed E-state index contributed by atoms with van der Waals surface area (Å²) in [6.07, 6.45) is 4.73. The molecule has 0 bridgehead atoms. The van der Waals surface area contributed by atoms with Crippen molar-refractivity contribution in [1.29, 1.82) is 0 Å². The molecular formula is C23H26FN3O4S2. The first-order chi connectivity index (χ1) is 15.7. The van der Waals surface area contributed by atoms with E-state index in [2.05, 4.69) is 4.98 Å². The second-order valence-corrected chi connectivity index (χ2v) is 11.4. The van der Waals surface area contributed by atoms with Crippen molar-refractivity contribution < 1.29 is 22.3 Å². The fourth-order valence-electron chi connectivity index (χ4n) is 4.14. The smallest absolute Gasteiger partial charge is 0.421 e. The average Bonchev–Trinajstić information content (AvgIpc) is 3.43. The van der Waals surface area contributed by atoms with Crippen LogP contribution in [-0.4, -0.2) is 30.7 Å². The monoisotopic (exact) mass is 491 g/mol. The van der Waals surface area contributed by atoms with Crippen molar-refractivity contribution in [3.63, 3.8) is 0 Å². The number of carbonyl (C=O) groups is 1. The number of hydrogen-bond acceptors (Lipinski definition) is 6. The molecular weight excluding hydrogens is 465 g/mol. The van der Waals surface area contributed by atoms with Crippen LogP contribution in [0.1, 0.15) is 49.5 Å². The molecule has 7 nitrogen and oxygen atoms in total. The first-order valence-electron chi connectivity index (χ1n) is 10.8. The highest BCUT2D eigenvalue weighted by Crippen LogP contribution is 2.39. The van der Waals surface area contributed by atoms with Crippen LogP contribution in [0.15, 0.2) is 40.9 Å². The summed E-state index contributed by atoms with van der Waals surface area (Å²) in [5, 5.41) is 0. The van der Waals surface area contributed by atoms with Gasteiger partial charge in [-0.25, -0.2) is 27.3 Å². The number of fused-ring (bicyclic) bond motifs is 1. The van der Waals surface area contributed by atoms with Gasteiger partial charge in [-0.05, 0) is 43.4 Å². The number of ether oxygens (including phenoxy) is 1. The fraction of sp³-hybridized carbons (Fsp3) is 0.391. The lowest BCUT2D eigenvalue weighted by atomic mass is 9.99. The summed E-state index contributed by atoms with van der Waals surface area (Å²) >= 11 is 1.08. The summed E-state index contributed by atoms with van der Waals surface area (Å²) in [6.45, 7) is 5.70. The second-order valence-electron chi connectivity index (χ2n) is 8.38. The molecule has 176 valence electrons. The van der Waals surface area contributed by atoms with E-state index >= 15 is 4.39 Å². The number of thiophene rings is 1. The number of aromatic nitrogens is 2. The van der Waals surface area contributed by atoms with E-state index in [0.717, 1.165) is 34.9 Å². The summed E-state index contributed by atoms with van der Waals surface area (Å²) in [4.78, 5) is 17.0. The van der Waals surface area contributed by atoms with Crippen LogP contribution in [-0.2, 0) is 27.6 Å². The highest BCUT2D eigenvalue weighted by atomic mass is 32.2. The third-order valence-electron chi connectivity index (χ3n) is 5.49. The number of amides is 1. The van der Waals surface area contributed by atoms with Gasteiger partial charge in [-0.2, -0.15) is 0 Å². The molecule has 1 N–H and O–H groups in total. The van der Waals surface area contributed by atoms with Crippen LogP contribution < -0.4 is 4.72 Å². The Balaban J connectivity index is 1.73. The van der Waals surface area contributed by atoms with Gasteiger partial charge >= 0.3 is 6.09 Å². The molecule has 10 heteroatoms. The van der Waals surface area contributed by atoms with Gasteiger partial charge in [-0.1, -0.05) is 26.0 Å². The molecule has 0 fully saturated rings. The van der Waals surface area contributed by atoms with Gasteiger partial charge in [0.1, 0.15) is 15.9 Å². The minimum Gasteiger partial charge on any atom is -0.449 e. The van der Waals surface area contributed by atoms with E-state index in [1.54, 1.807) is 31.3 Å². The Morgan fingerprint density at radius 2 is 2.15 bits per heavy atom. The molecule has 3 aromatic rings. The summed E-state index contributed by atoms with van der Waals surface area (Å²) in [6, 6.07) is 6.44. The van der Waals surface area contributed by atoms with Crippen LogP contribution in [0.25, 0.3) is 11.1 Å². The number of carbonyl (C=O) groups excluding carboxylic acids is 1. The Labute approximate surface area is 196 Å². The molecule has 1 atom stereocenters. The lowest BCUT2D eigenvalue weighted by Crippen LogP contribution is -2.30. The van der Waals surface area contributed by atoms with Gasteiger partial charge in [0.25, 0.3) is 10.0 Å². The standard InChI is InChI=1S/C23H26FN3O4S2/c1-4-31-23(28)26-33(29,30)22-18(13-16(32-22)11-14(2)3)15-5-6-17(19(24)12-15)20-7-8-21-25-9-10-27(20)21/h5-6,9-10,12-14,20H,4,7-8,11H2,1-3H3,(H,26,28)/t20-/m1/s1. The van der Waals surface area contributed by atoms with E-state index < -0.39 is 21.9 Å². The molecule has 1 aromatic carbocycles. The summed E-state index contributed by atoms with van der Waals surface area (Å²) in [5.41, 5.74) is 1.35. The quantitative estimate of drug-likeness (QED) is 0.507. The van der Waals surface area contributed by atoms with E-state index in [-0.39, 0.29) is 16.9 Å².